The van der Waals surface area contributed by atoms with Gasteiger partial charge in [0.15, 0.2) is 0 Å². The Bertz CT molecular complexity index is 1540. The Hall–Kier alpha value is -3.86. The van der Waals surface area contributed by atoms with E-state index in [9.17, 15) is 17.6 Å². The fourth-order valence-corrected chi connectivity index (χ4v) is 6.36. The predicted octanol–water partition coefficient (Wildman–Crippen LogP) is 4.02. The van der Waals surface area contributed by atoms with Crippen LogP contribution in [0.4, 0.5) is 4.39 Å². The molecular formula is C31H33FN4O4S. The molecule has 41 heavy (non-hydrogen) atoms. The molecule has 0 saturated carbocycles. The number of sulfone groups is 1. The van der Waals surface area contributed by atoms with Crippen LogP contribution in [0.15, 0.2) is 96.3 Å². The third kappa shape index (κ3) is 7.46. The van der Waals surface area contributed by atoms with E-state index in [1.165, 1.54) is 24.3 Å². The molecule has 214 valence electrons. The number of carbonyl (C=O) groups excluding carboxylic acids is 1. The van der Waals surface area contributed by atoms with E-state index in [2.05, 4.69) is 9.88 Å². The highest BCUT2D eigenvalue weighted by molar-refractivity contribution is 7.90. The standard InChI is InChI=1S/C31H33FN4O4S/c32-28-13-11-26(12-14-28)24-41(38,39)31-33-21-29(36(31)22-25-7-3-1-4-8-25)23-35(16-15-34-17-19-40-20-18-34)30(37)27-9-5-2-6-10-27/h1-14,21H,15-20,22-24H2. The van der Waals surface area contributed by atoms with Gasteiger partial charge in [0.05, 0.1) is 43.9 Å². The van der Waals surface area contributed by atoms with Gasteiger partial charge in [-0.3, -0.25) is 9.69 Å². The largest absolute Gasteiger partial charge is 0.379 e. The van der Waals surface area contributed by atoms with E-state index in [0.29, 0.717) is 43.1 Å². The summed E-state index contributed by atoms with van der Waals surface area (Å²) in [5, 5.41) is -0.0824. The van der Waals surface area contributed by atoms with Crippen molar-refractivity contribution in [2.24, 2.45) is 0 Å². The van der Waals surface area contributed by atoms with Crippen molar-refractivity contribution in [2.75, 3.05) is 39.4 Å². The maximum atomic E-state index is 13.7. The first-order chi connectivity index (χ1) is 19.9. The molecule has 0 aliphatic carbocycles. The van der Waals surface area contributed by atoms with Gasteiger partial charge in [-0.1, -0.05) is 60.7 Å². The van der Waals surface area contributed by atoms with Gasteiger partial charge in [0.2, 0.25) is 15.0 Å². The second kappa shape index (κ2) is 13.2. The predicted molar refractivity (Wildman–Crippen MR) is 154 cm³/mol. The Morgan fingerprint density at radius 1 is 0.902 bits per heavy atom. The van der Waals surface area contributed by atoms with Crippen LogP contribution in [0.2, 0.25) is 0 Å². The molecule has 5 rings (SSSR count). The first kappa shape index (κ1) is 28.7. The van der Waals surface area contributed by atoms with Crippen molar-refractivity contribution >= 4 is 15.7 Å². The number of halogens is 1. The zero-order valence-corrected chi connectivity index (χ0v) is 23.5. The average molecular weight is 577 g/mol. The lowest BCUT2D eigenvalue weighted by Gasteiger charge is -2.30. The van der Waals surface area contributed by atoms with Crippen molar-refractivity contribution in [3.63, 3.8) is 0 Å². The van der Waals surface area contributed by atoms with Crippen LogP contribution in [0.3, 0.4) is 0 Å². The summed E-state index contributed by atoms with van der Waals surface area (Å²) in [4.78, 5) is 22.0. The van der Waals surface area contributed by atoms with Crippen molar-refractivity contribution in [1.82, 2.24) is 19.4 Å². The van der Waals surface area contributed by atoms with Gasteiger partial charge in [0.1, 0.15) is 5.82 Å². The van der Waals surface area contributed by atoms with E-state index in [1.54, 1.807) is 27.8 Å². The van der Waals surface area contributed by atoms with Crippen LogP contribution in [0.25, 0.3) is 0 Å². The number of morpholine rings is 1. The smallest absolute Gasteiger partial charge is 0.254 e. The summed E-state index contributed by atoms with van der Waals surface area (Å²) < 4.78 is 47.8. The zero-order valence-electron chi connectivity index (χ0n) is 22.7. The number of imidazole rings is 1. The van der Waals surface area contributed by atoms with E-state index in [-0.39, 0.29) is 29.9 Å². The number of hydrogen-bond acceptors (Lipinski definition) is 6. The Morgan fingerprint density at radius 2 is 1.56 bits per heavy atom. The lowest BCUT2D eigenvalue weighted by molar-refractivity contribution is 0.0319. The summed E-state index contributed by atoms with van der Waals surface area (Å²) in [5.74, 6) is -0.885. The number of carbonyl (C=O) groups is 1. The van der Waals surface area contributed by atoms with Crippen LogP contribution in [0.1, 0.15) is 27.2 Å². The number of aromatic nitrogens is 2. The van der Waals surface area contributed by atoms with Crippen LogP contribution in [0, 0.1) is 5.82 Å². The lowest BCUT2D eigenvalue weighted by Crippen LogP contribution is -2.43. The van der Waals surface area contributed by atoms with Crippen molar-refractivity contribution in [3.8, 4) is 0 Å². The van der Waals surface area contributed by atoms with E-state index in [4.69, 9.17) is 4.74 Å². The molecule has 0 atom stereocenters. The van der Waals surface area contributed by atoms with Gasteiger partial charge < -0.3 is 14.2 Å². The van der Waals surface area contributed by atoms with Gasteiger partial charge in [-0.25, -0.2) is 17.8 Å². The third-order valence-electron chi connectivity index (χ3n) is 7.08. The molecule has 0 radical (unpaired) electrons. The maximum absolute atomic E-state index is 13.7. The van der Waals surface area contributed by atoms with Crippen molar-refractivity contribution < 1.29 is 22.3 Å². The van der Waals surface area contributed by atoms with Crippen LogP contribution in [0.5, 0.6) is 0 Å². The molecule has 8 nitrogen and oxygen atoms in total. The van der Waals surface area contributed by atoms with Crippen LogP contribution >= 0.6 is 0 Å². The van der Waals surface area contributed by atoms with Gasteiger partial charge >= 0.3 is 0 Å². The van der Waals surface area contributed by atoms with E-state index >= 15 is 0 Å². The highest BCUT2D eigenvalue weighted by atomic mass is 32.2. The van der Waals surface area contributed by atoms with Crippen LogP contribution in [-0.2, 0) is 33.4 Å². The number of rotatable bonds is 11. The van der Waals surface area contributed by atoms with E-state index in [1.807, 2.05) is 48.5 Å². The molecule has 0 spiro atoms. The summed E-state index contributed by atoms with van der Waals surface area (Å²) in [6.45, 7) is 4.50. The fraction of sp³-hybridized carbons (Fsp3) is 0.290. The molecule has 10 heteroatoms. The van der Waals surface area contributed by atoms with Gasteiger partial charge in [-0.2, -0.15) is 0 Å². The molecule has 1 aliphatic heterocycles. The Balaban J connectivity index is 1.47. The number of ether oxygens (including phenoxy) is 1. The molecule has 4 aromatic rings. The van der Waals surface area contributed by atoms with E-state index < -0.39 is 15.7 Å². The third-order valence-corrected chi connectivity index (χ3v) is 8.68. The number of nitrogens with zero attached hydrogens (tertiary/aromatic N) is 4. The highest BCUT2D eigenvalue weighted by Gasteiger charge is 2.27. The second-order valence-corrected chi connectivity index (χ2v) is 11.9. The summed E-state index contributed by atoms with van der Waals surface area (Å²) in [6, 6.07) is 24.0. The van der Waals surface area contributed by atoms with Crippen LogP contribution < -0.4 is 0 Å². The molecule has 1 aromatic heterocycles. The lowest BCUT2D eigenvalue weighted by atomic mass is 10.2. The minimum Gasteiger partial charge on any atom is -0.379 e. The van der Waals surface area contributed by atoms with Crippen molar-refractivity contribution in [1.29, 1.82) is 0 Å². The maximum Gasteiger partial charge on any atom is 0.254 e. The van der Waals surface area contributed by atoms with Gasteiger partial charge in [0, 0.05) is 31.7 Å². The van der Waals surface area contributed by atoms with Gasteiger partial charge in [-0.05, 0) is 35.4 Å². The number of amides is 1. The van der Waals surface area contributed by atoms with Crippen LogP contribution in [-0.4, -0.2) is 73.1 Å². The zero-order chi connectivity index (χ0) is 28.7. The monoisotopic (exact) mass is 576 g/mol. The Labute approximate surface area is 239 Å². The second-order valence-electron chi connectivity index (χ2n) is 10.0. The molecule has 0 unspecified atom stereocenters. The molecule has 1 saturated heterocycles. The topological polar surface area (TPSA) is 84.7 Å². The first-order valence-electron chi connectivity index (χ1n) is 13.6. The average Bonchev–Trinajstić information content (AvgIpc) is 3.40. The SMILES string of the molecule is O=C(c1ccccc1)N(CCN1CCOCC1)Cc1cnc(S(=O)(=O)Cc2ccc(F)cc2)n1Cc1ccccc1. The number of hydrogen-bond donors (Lipinski definition) is 0. The first-order valence-corrected chi connectivity index (χ1v) is 15.2. The summed E-state index contributed by atoms with van der Waals surface area (Å²) in [7, 11) is -3.89. The summed E-state index contributed by atoms with van der Waals surface area (Å²) in [5.41, 5.74) is 2.54. The molecule has 1 fully saturated rings. The Morgan fingerprint density at radius 3 is 2.24 bits per heavy atom. The summed E-state index contributed by atoms with van der Waals surface area (Å²) in [6.07, 6.45) is 1.54. The van der Waals surface area contributed by atoms with Gasteiger partial charge in [0.25, 0.3) is 5.91 Å². The normalized spacial score (nSPS) is 14.2. The minimum atomic E-state index is -3.89. The highest BCUT2D eigenvalue weighted by Crippen LogP contribution is 2.21. The minimum absolute atomic E-state index is 0.0824. The van der Waals surface area contributed by atoms with E-state index in [0.717, 1.165) is 18.7 Å². The molecule has 2 heterocycles. The fourth-order valence-electron chi connectivity index (χ4n) is 4.86. The Kier molecular flexibility index (Phi) is 9.23. The molecular weight excluding hydrogens is 543 g/mol. The van der Waals surface area contributed by atoms with Crippen molar-refractivity contribution in [3.05, 3.63) is 119 Å². The molecule has 0 N–H and O–H groups in total. The quantitative estimate of drug-likeness (QED) is 0.268. The molecule has 0 bridgehead atoms. The molecule has 1 aliphatic rings. The van der Waals surface area contributed by atoms with Gasteiger partial charge in [-0.15, -0.1) is 0 Å². The molecule has 3 aromatic carbocycles. The molecule has 1 amide bonds. The number of benzene rings is 3. The summed E-state index contributed by atoms with van der Waals surface area (Å²) >= 11 is 0. The van der Waals surface area contributed by atoms with Crippen molar-refractivity contribution in [2.45, 2.75) is 24.0 Å².